The molecule has 1 rings (SSSR count). The highest BCUT2D eigenvalue weighted by Crippen LogP contribution is 2.22. The lowest BCUT2D eigenvalue weighted by atomic mass is 10.2. The van der Waals surface area contributed by atoms with Crippen molar-refractivity contribution in [2.24, 2.45) is 0 Å². The standard InChI is InChI=1S/C13H15N3O4/c1-19-13(18)10-4-3-9(15)7-11(10)20-8-12(17)16-6-2-5-14/h3-4,7H,2,6,8,15H2,1H3,(H,16,17). The number of amides is 1. The van der Waals surface area contributed by atoms with Gasteiger partial charge >= 0.3 is 5.97 Å². The number of anilines is 1. The van der Waals surface area contributed by atoms with E-state index in [0.717, 1.165) is 0 Å². The van der Waals surface area contributed by atoms with Crippen LogP contribution in [0.1, 0.15) is 16.8 Å². The third-order valence-electron chi connectivity index (χ3n) is 2.33. The number of nitrogens with two attached hydrogens (primary N) is 1. The fraction of sp³-hybridized carbons (Fsp3) is 0.308. The van der Waals surface area contributed by atoms with Gasteiger partial charge in [0.2, 0.25) is 0 Å². The highest BCUT2D eigenvalue weighted by Gasteiger charge is 2.14. The van der Waals surface area contributed by atoms with E-state index in [1.54, 1.807) is 0 Å². The Morgan fingerprint density at radius 3 is 2.85 bits per heavy atom. The topological polar surface area (TPSA) is 114 Å². The molecule has 0 spiro atoms. The molecule has 0 atom stereocenters. The zero-order valence-corrected chi connectivity index (χ0v) is 11.0. The molecule has 0 aromatic heterocycles. The smallest absolute Gasteiger partial charge is 0.341 e. The Kier molecular flexibility index (Phi) is 5.84. The van der Waals surface area contributed by atoms with Crippen LogP contribution in [0.5, 0.6) is 5.75 Å². The lowest BCUT2D eigenvalue weighted by Gasteiger charge is -2.10. The number of carbonyl (C=O) groups excluding carboxylic acids is 2. The van der Waals surface area contributed by atoms with Gasteiger partial charge in [0, 0.05) is 18.3 Å². The number of methoxy groups -OCH3 is 1. The molecule has 0 heterocycles. The van der Waals surface area contributed by atoms with Gasteiger partial charge in [0.05, 0.1) is 19.6 Å². The Labute approximate surface area is 116 Å². The van der Waals surface area contributed by atoms with Crippen molar-refractivity contribution >= 4 is 17.6 Å². The van der Waals surface area contributed by atoms with Crippen molar-refractivity contribution in [3.05, 3.63) is 23.8 Å². The first-order chi connectivity index (χ1) is 9.58. The summed E-state index contributed by atoms with van der Waals surface area (Å²) < 4.78 is 9.86. The number of carbonyl (C=O) groups is 2. The molecule has 0 saturated carbocycles. The van der Waals surface area contributed by atoms with E-state index in [2.05, 4.69) is 10.1 Å². The maximum Gasteiger partial charge on any atom is 0.341 e. The summed E-state index contributed by atoms with van der Waals surface area (Å²) >= 11 is 0. The molecule has 106 valence electrons. The molecular formula is C13H15N3O4. The zero-order valence-electron chi connectivity index (χ0n) is 11.0. The molecule has 0 unspecified atom stereocenters. The summed E-state index contributed by atoms with van der Waals surface area (Å²) in [5.74, 6) is -0.796. The van der Waals surface area contributed by atoms with Gasteiger partial charge in [-0.1, -0.05) is 0 Å². The maximum absolute atomic E-state index is 11.5. The summed E-state index contributed by atoms with van der Waals surface area (Å²) in [6, 6.07) is 6.34. The molecule has 20 heavy (non-hydrogen) atoms. The van der Waals surface area contributed by atoms with Crippen molar-refractivity contribution in [3.63, 3.8) is 0 Å². The lowest BCUT2D eigenvalue weighted by Crippen LogP contribution is -2.29. The summed E-state index contributed by atoms with van der Waals surface area (Å²) in [7, 11) is 1.25. The normalized spacial score (nSPS) is 9.40. The van der Waals surface area contributed by atoms with Crippen LogP contribution >= 0.6 is 0 Å². The van der Waals surface area contributed by atoms with Gasteiger partial charge in [-0.25, -0.2) is 4.79 Å². The van der Waals surface area contributed by atoms with Gasteiger partial charge in [-0.3, -0.25) is 4.79 Å². The van der Waals surface area contributed by atoms with Gasteiger partial charge in [-0.05, 0) is 12.1 Å². The molecule has 0 fully saturated rings. The van der Waals surface area contributed by atoms with Gasteiger partial charge in [-0.15, -0.1) is 0 Å². The van der Waals surface area contributed by atoms with Crippen molar-refractivity contribution in [3.8, 4) is 11.8 Å². The summed E-state index contributed by atoms with van der Waals surface area (Å²) in [5.41, 5.74) is 6.19. The Morgan fingerprint density at radius 1 is 1.45 bits per heavy atom. The lowest BCUT2D eigenvalue weighted by molar-refractivity contribution is -0.123. The number of benzene rings is 1. The molecule has 0 radical (unpaired) electrons. The first kappa shape index (κ1) is 15.3. The van der Waals surface area contributed by atoms with E-state index in [0.29, 0.717) is 5.69 Å². The van der Waals surface area contributed by atoms with E-state index in [1.165, 1.54) is 25.3 Å². The molecule has 0 aliphatic heterocycles. The van der Waals surface area contributed by atoms with Crippen LogP contribution in [0.4, 0.5) is 5.69 Å². The Balaban J connectivity index is 2.67. The monoisotopic (exact) mass is 277 g/mol. The minimum Gasteiger partial charge on any atom is -0.483 e. The van der Waals surface area contributed by atoms with Crippen LogP contribution in [0.25, 0.3) is 0 Å². The van der Waals surface area contributed by atoms with Crippen molar-refractivity contribution in [1.29, 1.82) is 5.26 Å². The van der Waals surface area contributed by atoms with Crippen LogP contribution in [-0.4, -0.2) is 32.1 Å². The summed E-state index contributed by atoms with van der Waals surface area (Å²) in [6.07, 6.45) is 0.220. The molecule has 7 nitrogen and oxygen atoms in total. The van der Waals surface area contributed by atoms with Crippen LogP contribution in [-0.2, 0) is 9.53 Å². The number of nitriles is 1. The van der Waals surface area contributed by atoms with Gasteiger partial charge in [0.25, 0.3) is 5.91 Å². The number of rotatable bonds is 6. The number of esters is 1. The quantitative estimate of drug-likeness (QED) is 0.443. The molecule has 0 saturated heterocycles. The van der Waals surface area contributed by atoms with Crippen LogP contribution in [0.15, 0.2) is 18.2 Å². The number of hydrogen-bond donors (Lipinski definition) is 2. The van der Waals surface area contributed by atoms with Crippen LogP contribution < -0.4 is 15.8 Å². The summed E-state index contributed by atoms with van der Waals surface area (Å²) in [6.45, 7) is -0.0294. The van der Waals surface area contributed by atoms with Crippen LogP contribution in [0.2, 0.25) is 0 Å². The average Bonchev–Trinajstić information content (AvgIpc) is 2.44. The third-order valence-corrected chi connectivity index (χ3v) is 2.33. The number of nitrogen functional groups attached to an aromatic ring is 1. The molecule has 1 amide bonds. The van der Waals surface area contributed by atoms with Crippen LogP contribution in [0.3, 0.4) is 0 Å². The predicted octanol–water partition coefficient (Wildman–Crippen LogP) is 0.464. The molecule has 1 aromatic rings. The minimum absolute atomic E-state index is 0.173. The van der Waals surface area contributed by atoms with E-state index >= 15 is 0 Å². The van der Waals surface area contributed by atoms with Gasteiger partial charge in [0.1, 0.15) is 11.3 Å². The SMILES string of the molecule is COC(=O)c1ccc(N)cc1OCC(=O)NCCC#N. The highest BCUT2D eigenvalue weighted by atomic mass is 16.5. The highest BCUT2D eigenvalue weighted by molar-refractivity contribution is 5.93. The molecular weight excluding hydrogens is 262 g/mol. The molecule has 0 bridgehead atoms. The van der Waals surface area contributed by atoms with Gasteiger partial charge < -0.3 is 20.5 Å². The largest absolute Gasteiger partial charge is 0.483 e. The summed E-state index contributed by atoms with van der Waals surface area (Å²) in [4.78, 5) is 23.0. The second-order valence-corrected chi connectivity index (χ2v) is 3.79. The first-order valence-electron chi connectivity index (χ1n) is 5.82. The second-order valence-electron chi connectivity index (χ2n) is 3.79. The van der Waals surface area contributed by atoms with E-state index in [9.17, 15) is 9.59 Å². The van der Waals surface area contributed by atoms with Crippen molar-refractivity contribution < 1.29 is 19.1 Å². The fourth-order valence-corrected chi connectivity index (χ4v) is 1.39. The minimum atomic E-state index is -0.579. The average molecular weight is 277 g/mol. The van der Waals surface area contributed by atoms with Gasteiger partial charge in [-0.2, -0.15) is 5.26 Å². The van der Waals surface area contributed by atoms with E-state index < -0.39 is 11.9 Å². The Hall–Kier alpha value is -2.75. The fourth-order valence-electron chi connectivity index (χ4n) is 1.39. The Bertz CT molecular complexity index is 537. The van der Waals surface area contributed by atoms with E-state index in [4.69, 9.17) is 15.7 Å². The molecule has 0 aliphatic rings. The van der Waals surface area contributed by atoms with Crippen LogP contribution in [0, 0.1) is 11.3 Å². The number of hydrogen-bond acceptors (Lipinski definition) is 6. The maximum atomic E-state index is 11.5. The third kappa shape index (κ3) is 4.49. The molecule has 3 N–H and O–H groups in total. The first-order valence-corrected chi connectivity index (χ1v) is 5.82. The van der Waals surface area contributed by atoms with Crippen molar-refractivity contribution in [2.45, 2.75) is 6.42 Å². The zero-order chi connectivity index (χ0) is 15.0. The Morgan fingerprint density at radius 2 is 2.20 bits per heavy atom. The van der Waals surface area contributed by atoms with E-state index in [1.807, 2.05) is 6.07 Å². The predicted molar refractivity (Wildman–Crippen MR) is 70.9 cm³/mol. The number of ether oxygens (including phenoxy) is 2. The summed E-state index contributed by atoms with van der Waals surface area (Å²) in [5, 5.41) is 10.8. The number of nitrogens with zero attached hydrogens (tertiary/aromatic N) is 1. The number of nitrogens with one attached hydrogen (secondary N) is 1. The van der Waals surface area contributed by atoms with Crippen molar-refractivity contribution in [2.75, 3.05) is 26.0 Å². The van der Waals surface area contributed by atoms with Crippen molar-refractivity contribution in [1.82, 2.24) is 5.32 Å². The van der Waals surface area contributed by atoms with E-state index in [-0.39, 0.29) is 30.9 Å². The molecule has 0 aliphatic carbocycles. The second kappa shape index (κ2) is 7.63. The molecule has 7 heteroatoms. The molecule has 1 aromatic carbocycles. The van der Waals surface area contributed by atoms with Gasteiger partial charge in [0.15, 0.2) is 6.61 Å².